The van der Waals surface area contributed by atoms with E-state index in [0.717, 1.165) is 11.4 Å². The zero-order valence-corrected chi connectivity index (χ0v) is 9.04. The molecule has 0 atom stereocenters. The predicted octanol–water partition coefficient (Wildman–Crippen LogP) is 2.37. The van der Waals surface area contributed by atoms with Gasteiger partial charge in [0.25, 0.3) is 0 Å². The third kappa shape index (κ3) is 1.53. The van der Waals surface area contributed by atoms with Gasteiger partial charge in [-0.05, 0) is 25.3 Å². The Labute approximate surface area is 86.9 Å². The van der Waals surface area contributed by atoms with Gasteiger partial charge in [-0.1, -0.05) is 6.07 Å². The average Bonchev–Trinajstić information content (AvgIpc) is 2.76. The maximum atomic E-state index is 5.44. The lowest BCUT2D eigenvalue weighted by Gasteiger charge is -2.06. The second-order valence-corrected chi connectivity index (χ2v) is 3.85. The third-order valence-corrected chi connectivity index (χ3v) is 2.82. The van der Waals surface area contributed by atoms with Crippen LogP contribution in [0.5, 0.6) is 0 Å². The lowest BCUT2D eigenvalue weighted by Crippen LogP contribution is -2.10. The lowest BCUT2D eigenvalue weighted by atomic mass is 10.3. The van der Waals surface area contributed by atoms with Crippen molar-refractivity contribution in [3.05, 3.63) is 29.5 Å². The first-order valence-electron chi connectivity index (χ1n) is 4.54. The van der Waals surface area contributed by atoms with E-state index in [4.69, 9.17) is 4.84 Å². The van der Waals surface area contributed by atoms with Crippen LogP contribution in [0, 0.1) is 6.92 Å². The van der Waals surface area contributed by atoms with Crippen LogP contribution >= 0.6 is 11.3 Å². The van der Waals surface area contributed by atoms with Gasteiger partial charge in [-0.3, -0.25) is 0 Å². The van der Waals surface area contributed by atoms with Crippen LogP contribution < -0.4 is 4.84 Å². The van der Waals surface area contributed by atoms with Crippen LogP contribution in [0.25, 0.3) is 10.6 Å². The highest BCUT2D eigenvalue weighted by molar-refractivity contribution is 7.13. The summed E-state index contributed by atoms with van der Waals surface area (Å²) in [5, 5.41) is 2.05. The van der Waals surface area contributed by atoms with Crippen LogP contribution in [0.1, 0.15) is 12.6 Å². The van der Waals surface area contributed by atoms with Crippen molar-refractivity contribution < 1.29 is 4.84 Å². The van der Waals surface area contributed by atoms with Gasteiger partial charge in [0.2, 0.25) is 0 Å². The maximum absolute atomic E-state index is 5.44. The molecule has 0 aliphatic carbocycles. The van der Waals surface area contributed by atoms with E-state index in [0.29, 0.717) is 6.61 Å². The van der Waals surface area contributed by atoms with Crippen molar-refractivity contribution in [3.63, 3.8) is 0 Å². The molecule has 0 unspecified atom stereocenters. The van der Waals surface area contributed by atoms with E-state index >= 15 is 0 Å². The smallest absolute Gasteiger partial charge is 0.132 e. The van der Waals surface area contributed by atoms with E-state index < -0.39 is 0 Å². The summed E-state index contributed by atoms with van der Waals surface area (Å²) in [5.74, 6) is 0. The van der Waals surface area contributed by atoms with E-state index in [1.54, 1.807) is 22.4 Å². The molecule has 2 aromatic rings. The number of imidazole rings is 1. The Kier molecular flexibility index (Phi) is 2.54. The number of thiophene rings is 1. The Morgan fingerprint density at radius 2 is 2.43 bits per heavy atom. The number of aromatic nitrogens is 2. The number of hydrogen-bond donors (Lipinski definition) is 0. The van der Waals surface area contributed by atoms with E-state index in [1.807, 2.05) is 19.9 Å². The van der Waals surface area contributed by atoms with Gasteiger partial charge in [0, 0.05) is 0 Å². The summed E-state index contributed by atoms with van der Waals surface area (Å²) in [5.41, 5.74) is 2.06. The van der Waals surface area contributed by atoms with E-state index in [9.17, 15) is 0 Å². The van der Waals surface area contributed by atoms with E-state index in [1.165, 1.54) is 4.88 Å². The molecule has 0 aromatic carbocycles. The summed E-state index contributed by atoms with van der Waals surface area (Å²) >= 11 is 1.69. The summed E-state index contributed by atoms with van der Waals surface area (Å²) in [7, 11) is 0. The lowest BCUT2D eigenvalue weighted by molar-refractivity contribution is 0.125. The van der Waals surface area contributed by atoms with E-state index in [2.05, 4.69) is 16.4 Å². The first-order valence-corrected chi connectivity index (χ1v) is 5.42. The first-order chi connectivity index (χ1) is 6.83. The normalized spacial score (nSPS) is 10.4. The van der Waals surface area contributed by atoms with Gasteiger partial charge < -0.3 is 4.84 Å². The molecule has 2 aromatic heterocycles. The zero-order chi connectivity index (χ0) is 9.97. The molecule has 2 heterocycles. The van der Waals surface area contributed by atoms with Gasteiger partial charge in [0.05, 0.1) is 10.6 Å². The van der Waals surface area contributed by atoms with E-state index in [-0.39, 0.29) is 0 Å². The number of nitrogens with zero attached hydrogens (tertiary/aromatic N) is 2. The van der Waals surface area contributed by atoms with Crippen molar-refractivity contribution in [2.24, 2.45) is 0 Å². The third-order valence-electron chi connectivity index (χ3n) is 1.94. The fourth-order valence-electron chi connectivity index (χ4n) is 1.35. The molecular weight excluding hydrogens is 196 g/mol. The standard InChI is InChI=1S/C10H12N2OS/c1-3-13-12-7-11-8(2)10(12)9-5-4-6-14-9/h4-7H,3H2,1-2H3. The van der Waals surface area contributed by atoms with Crippen LogP contribution in [-0.4, -0.2) is 16.3 Å². The van der Waals surface area contributed by atoms with Crippen molar-refractivity contribution in [1.29, 1.82) is 0 Å². The molecule has 4 heteroatoms. The van der Waals surface area contributed by atoms with Gasteiger partial charge >= 0.3 is 0 Å². The molecule has 0 N–H and O–H groups in total. The fraction of sp³-hybridized carbons (Fsp3) is 0.300. The van der Waals surface area contributed by atoms with Crippen molar-refractivity contribution >= 4 is 11.3 Å². The highest BCUT2D eigenvalue weighted by Gasteiger charge is 2.10. The minimum atomic E-state index is 0.647. The van der Waals surface area contributed by atoms with Crippen molar-refractivity contribution in [2.45, 2.75) is 13.8 Å². The van der Waals surface area contributed by atoms with Crippen molar-refractivity contribution in [3.8, 4) is 10.6 Å². The summed E-state index contributed by atoms with van der Waals surface area (Å²) in [6.45, 7) is 4.60. The Morgan fingerprint density at radius 3 is 3.07 bits per heavy atom. The molecule has 2 rings (SSSR count). The average molecular weight is 208 g/mol. The zero-order valence-electron chi connectivity index (χ0n) is 8.23. The minimum absolute atomic E-state index is 0.647. The van der Waals surface area contributed by atoms with Crippen LogP contribution in [0.3, 0.4) is 0 Å². The van der Waals surface area contributed by atoms with Crippen LogP contribution in [0.2, 0.25) is 0 Å². The summed E-state index contributed by atoms with van der Waals surface area (Å²) in [6, 6.07) is 4.10. The number of aryl methyl sites for hydroxylation is 1. The predicted molar refractivity (Wildman–Crippen MR) is 57.4 cm³/mol. The van der Waals surface area contributed by atoms with Gasteiger partial charge in [-0.15, -0.1) is 11.3 Å². The minimum Gasteiger partial charge on any atom is -0.413 e. The topological polar surface area (TPSA) is 27.1 Å². The van der Waals surface area contributed by atoms with Gasteiger partial charge in [-0.25, -0.2) is 4.98 Å². The van der Waals surface area contributed by atoms with Gasteiger partial charge in [-0.2, -0.15) is 4.73 Å². The number of rotatable bonds is 3. The molecule has 74 valence electrons. The second kappa shape index (κ2) is 3.84. The Morgan fingerprint density at radius 1 is 1.57 bits per heavy atom. The Bertz CT molecular complexity index is 406. The molecule has 0 spiro atoms. The fourth-order valence-corrected chi connectivity index (χ4v) is 2.16. The second-order valence-electron chi connectivity index (χ2n) is 2.90. The largest absolute Gasteiger partial charge is 0.413 e. The molecule has 0 saturated heterocycles. The molecule has 0 aliphatic rings. The first kappa shape index (κ1) is 9.27. The molecule has 0 radical (unpaired) electrons. The molecule has 0 aliphatic heterocycles. The summed E-state index contributed by atoms with van der Waals surface area (Å²) in [6.07, 6.45) is 1.72. The molecule has 0 saturated carbocycles. The highest BCUT2D eigenvalue weighted by atomic mass is 32.1. The van der Waals surface area contributed by atoms with Crippen LogP contribution in [-0.2, 0) is 0 Å². The summed E-state index contributed by atoms with van der Waals surface area (Å²) in [4.78, 5) is 10.9. The molecule has 0 amide bonds. The van der Waals surface area contributed by atoms with Gasteiger partial charge in [0.15, 0.2) is 0 Å². The maximum Gasteiger partial charge on any atom is 0.132 e. The Balaban J connectivity index is 2.45. The number of hydrogen-bond acceptors (Lipinski definition) is 3. The van der Waals surface area contributed by atoms with Crippen molar-refractivity contribution in [2.75, 3.05) is 6.61 Å². The van der Waals surface area contributed by atoms with Gasteiger partial charge in [0.1, 0.15) is 18.6 Å². The van der Waals surface area contributed by atoms with Crippen molar-refractivity contribution in [1.82, 2.24) is 9.71 Å². The molecule has 14 heavy (non-hydrogen) atoms. The molecular formula is C10H12N2OS. The monoisotopic (exact) mass is 208 g/mol. The Hall–Kier alpha value is -1.29. The summed E-state index contributed by atoms with van der Waals surface area (Å²) < 4.78 is 1.74. The molecule has 0 fully saturated rings. The van der Waals surface area contributed by atoms with Crippen LogP contribution in [0.15, 0.2) is 23.8 Å². The van der Waals surface area contributed by atoms with Crippen LogP contribution in [0.4, 0.5) is 0 Å². The molecule has 3 nitrogen and oxygen atoms in total. The highest BCUT2D eigenvalue weighted by Crippen LogP contribution is 2.26. The SMILES string of the molecule is CCOn1cnc(C)c1-c1cccs1. The molecule has 0 bridgehead atoms. The quantitative estimate of drug-likeness (QED) is 0.774.